The smallest absolute Gasteiger partial charge is 0.325 e. The van der Waals surface area contributed by atoms with Gasteiger partial charge in [0.25, 0.3) is 0 Å². The molecule has 0 aliphatic rings. The molecule has 0 unspecified atom stereocenters. The lowest BCUT2D eigenvalue weighted by Crippen LogP contribution is -2.46. The molecule has 2 aromatic carbocycles. The molecule has 10 nitrogen and oxygen atoms in total. The standard InChI is InChI=1S/C28H40N2O8S4/c1-19-9-13-21(14-10-19)41(33,34)29-23(25(31)37-27(3,4)5)17-39-40-18-24(26(32)38-28(6,7)8)30-42(35,36)22-15-11-20(2)12-16-22/h9-16,23-24,29-30H,17-18H2,1-8H3/t23-,24-/m0/s1. The number of hydrogen-bond acceptors (Lipinski definition) is 10. The van der Waals surface area contributed by atoms with Gasteiger partial charge in [0.1, 0.15) is 23.3 Å². The number of benzene rings is 2. The fourth-order valence-corrected chi connectivity index (χ4v) is 8.10. The molecule has 2 aromatic rings. The number of rotatable bonds is 13. The highest BCUT2D eigenvalue weighted by Crippen LogP contribution is 2.26. The highest BCUT2D eigenvalue weighted by Gasteiger charge is 2.32. The third-order valence-electron chi connectivity index (χ3n) is 5.19. The SMILES string of the molecule is Cc1ccc(S(=O)(=O)N[C@@H](CSSC[C@H](NS(=O)(=O)c2ccc(C)cc2)C(=O)OC(C)(C)C)C(=O)OC(C)(C)C)cc1. The van der Waals surface area contributed by atoms with Gasteiger partial charge < -0.3 is 9.47 Å². The van der Waals surface area contributed by atoms with Crippen molar-refractivity contribution in [2.24, 2.45) is 0 Å². The Labute approximate surface area is 257 Å². The second-order valence-corrected chi connectivity index (χ2v) is 17.6. The first-order valence-corrected chi connectivity index (χ1v) is 18.5. The minimum atomic E-state index is -4.06. The quantitative estimate of drug-likeness (QED) is 0.181. The molecule has 0 aromatic heterocycles. The van der Waals surface area contributed by atoms with Crippen LogP contribution in [0.2, 0.25) is 0 Å². The molecule has 0 radical (unpaired) electrons. The molecule has 0 bridgehead atoms. The van der Waals surface area contributed by atoms with Crippen molar-refractivity contribution >= 4 is 53.6 Å². The van der Waals surface area contributed by atoms with Crippen molar-refractivity contribution in [3.05, 3.63) is 59.7 Å². The van der Waals surface area contributed by atoms with E-state index in [2.05, 4.69) is 9.44 Å². The van der Waals surface area contributed by atoms with Crippen LogP contribution >= 0.6 is 21.6 Å². The van der Waals surface area contributed by atoms with Crippen LogP contribution in [0.4, 0.5) is 0 Å². The van der Waals surface area contributed by atoms with Gasteiger partial charge in [-0.1, -0.05) is 57.0 Å². The summed E-state index contributed by atoms with van der Waals surface area (Å²) < 4.78 is 67.8. The summed E-state index contributed by atoms with van der Waals surface area (Å²) in [6, 6.07) is 9.86. The van der Waals surface area contributed by atoms with E-state index >= 15 is 0 Å². The summed E-state index contributed by atoms with van der Waals surface area (Å²) in [6.07, 6.45) is 0. The molecule has 0 saturated heterocycles. The number of hydrogen-bond donors (Lipinski definition) is 2. The van der Waals surface area contributed by atoms with Crippen molar-refractivity contribution in [2.75, 3.05) is 11.5 Å². The van der Waals surface area contributed by atoms with Crippen LogP contribution in [0.5, 0.6) is 0 Å². The van der Waals surface area contributed by atoms with Gasteiger partial charge in [-0.25, -0.2) is 16.8 Å². The van der Waals surface area contributed by atoms with Crippen LogP contribution in [0.15, 0.2) is 58.3 Å². The molecule has 14 heteroatoms. The van der Waals surface area contributed by atoms with Crippen molar-refractivity contribution in [2.45, 2.75) is 88.5 Å². The molecule has 0 fully saturated rings. The molecule has 0 amide bonds. The maximum Gasteiger partial charge on any atom is 0.325 e. The number of carbonyl (C=O) groups is 2. The third-order valence-corrected chi connectivity index (χ3v) is 10.6. The van der Waals surface area contributed by atoms with Crippen LogP contribution in [-0.4, -0.2) is 63.6 Å². The topological polar surface area (TPSA) is 145 Å². The number of sulfonamides is 2. The molecule has 2 rings (SSSR count). The fourth-order valence-electron chi connectivity index (χ4n) is 3.22. The monoisotopic (exact) mass is 660 g/mol. The molecule has 0 heterocycles. The van der Waals surface area contributed by atoms with Crippen LogP contribution in [0, 0.1) is 13.8 Å². The van der Waals surface area contributed by atoms with Crippen LogP contribution < -0.4 is 9.44 Å². The number of ether oxygens (including phenoxy) is 2. The van der Waals surface area contributed by atoms with Crippen LogP contribution in [-0.2, 0) is 39.1 Å². The summed E-state index contributed by atoms with van der Waals surface area (Å²) in [7, 11) is -5.95. The number of nitrogens with one attached hydrogen (secondary N) is 2. The lowest BCUT2D eigenvalue weighted by Gasteiger charge is -2.25. The van der Waals surface area contributed by atoms with E-state index in [1.165, 1.54) is 24.3 Å². The van der Waals surface area contributed by atoms with Crippen molar-refractivity contribution in [3.63, 3.8) is 0 Å². The van der Waals surface area contributed by atoms with E-state index < -0.39 is 55.3 Å². The average molecular weight is 661 g/mol. The predicted octanol–water partition coefficient (Wildman–Crippen LogP) is 4.36. The Hall–Kier alpha value is -2.10. The predicted molar refractivity (Wildman–Crippen MR) is 167 cm³/mol. The molecule has 0 aliphatic carbocycles. The van der Waals surface area contributed by atoms with Gasteiger partial charge in [0.05, 0.1) is 9.79 Å². The highest BCUT2D eigenvalue weighted by atomic mass is 33.1. The summed E-state index contributed by atoms with van der Waals surface area (Å²) in [4.78, 5) is 25.9. The average Bonchev–Trinajstić information content (AvgIpc) is 2.83. The Morgan fingerprint density at radius 3 is 1.19 bits per heavy atom. The second kappa shape index (κ2) is 14.6. The minimum Gasteiger partial charge on any atom is -0.459 e. The maximum atomic E-state index is 13.0. The largest absolute Gasteiger partial charge is 0.459 e. The van der Waals surface area contributed by atoms with Crippen molar-refractivity contribution < 1.29 is 35.9 Å². The lowest BCUT2D eigenvalue weighted by molar-refractivity contribution is -0.157. The molecule has 0 spiro atoms. The number of carbonyl (C=O) groups excluding carboxylic acids is 2. The Bertz CT molecular complexity index is 1320. The van der Waals surface area contributed by atoms with E-state index in [1.54, 1.807) is 65.8 Å². The highest BCUT2D eigenvalue weighted by molar-refractivity contribution is 8.76. The van der Waals surface area contributed by atoms with Crippen LogP contribution in [0.3, 0.4) is 0 Å². The van der Waals surface area contributed by atoms with Crippen molar-refractivity contribution in [3.8, 4) is 0 Å². The third kappa shape index (κ3) is 12.3. The molecule has 0 aliphatic heterocycles. The van der Waals surface area contributed by atoms with E-state index in [-0.39, 0.29) is 21.3 Å². The number of esters is 2. The molecule has 0 saturated carbocycles. The Morgan fingerprint density at radius 2 is 0.929 bits per heavy atom. The molecule has 42 heavy (non-hydrogen) atoms. The summed E-state index contributed by atoms with van der Waals surface area (Å²) in [5, 5.41) is 0. The van der Waals surface area contributed by atoms with E-state index in [1.807, 2.05) is 13.8 Å². The molecular weight excluding hydrogens is 621 g/mol. The van der Waals surface area contributed by atoms with Gasteiger partial charge in [0.15, 0.2) is 0 Å². The van der Waals surface area contributed by atoms with E-state index in [9.17, 15) is 26.4 Å². The summed E-state index contributed by atoms with van der Waals surface area (Å²) in [6.45, 7) is 13.7. The summed E-state index contributed by atoms with van der Waals surface area (Å²) >= 11 is 0. The van der Waals surface area contributed by atoms with Gasteiger partial charge in [0, 0.05) is 11.5 Å². The summed E-state index contributed by atoms with van der Waals surface area (Å²) in [5.41, 5.74) is 0.0288. The zero-order valence-electron chi connectivity index (χ0n) is 25.1. The molecule has 2 N–H and O–H groups in total. The Balaban J connectivity index is 2.19. The van der Waals surface area contributed by atoms with E-state index in [0.717, 1.165) is 32.7 Å². The van der Waals surface area contributed by atoms with Gasteiger partial charge in [-0.05, 0) is 79.7 Å². The first-order valence-electron chi connectivity index (χ1n) is 13.1. The van der Waals surface area contributed by atoms with Crippen molar-refractivity contribution in [1.29, 1.82) is 0 Å². The summed E-state index contributed by atoms with van der Waals surface area (Å²) in [5.74, 6) is -1.66. The van der Waals surface area contributed by atoms with Gasteiger partial charge in [-0.15, -0.1) is 0 Å². The molecular formula is C28H40N2O8S4. The van der Waals surface area contributed by atoms with Crippen molar-refractivity contribution in [1.82, 2.24) is 9.44 Å². The minimum absolute atomic E-state index is 0.00480. The normalized spacial score (nSPS) is 14.2. The second-order valence-electron chi connectivity index (χ2n) is 11.6. The van der Waals surface area contributed by atoms with Crippen LogP contribution in [0.1, 0.15) is 52.7 Å². The fraction of sp³-hybridized carbons (Fsp3) is 0.500. The zero-order valence-corrected chi connectivity index (χ0v) is 28.4. The Morgan fingerprint density at radius 1 is 0.643 bits per heavy atom. The van der Waals surface area contributed by atoms with Gasteiger partial charge in [0.2, 0.25) is 20.0 Å². The zero-order chi connectivity index (χ0) is 31.9. The number of aryl methyl sites for hydroxylation is 2. The van der Waals surface area contributed by atoms with Crippen LogP contribution in [0.25, 0.3) is 0 Å². The Kier molecular flexibility index (Phi) is 12.5. The lowest BCUT2D eigenvalue weighted by atomic mass is 10.2. The molecule has 234 valence electrons. The van der Waals surface area contributed by atoms with E-state index in [0.29, 0.717) is 0 Å². The van der Waals surface area contributed by atoms with Gasteiger partial charge in [-0.3, -0.25) is 9.59 Å². The van der Waals surface area contributed by atoms with Gasteiger partial charge >= 0.3 is 11.9 Å². The van der Waals surface area contributed by atoms with E-state index in [4.69, 9.17) is 9.47 Å². The molecule has 2 atom stereocenters. The maximum absolute atomic E-state index is 13.0. The first kappa shape index (κ1) is 36.1. The van der Waals surface area contributed by atoms with Gasteiger partial charge in [-0.2, -0.15) is 9.44 Å². The first-order chi connectivity index (χ1) is 19.2.